The Bertz CT molecular complexity index is 306. The Morgan fingerprint density at radius 3 is 2.50 bits per heavy atom. The maximum Gasteiger partial charge on any atom is 0.150 e. The van der Waals surface area contributed by atoms with Gasteiger partial charge in [-0.15, -0.1) is 0 Å². The summed E-state index contributed by atoms with van der Waals surface area (Å²) in [6.07, 6.45) is 4.60. The van der Waals surface area contributed by atoms with Crippen LogP contribution in [0, 0.1) is 11.3 Å². The molecule has 0 aromatic carbocycles. The van der Waals surface area contributed by atoms with Gasteiger partial charge in [0.25, 0.3) is 0 Å². The van der Waals surface area contributed by atoms with Crippen LogP contribution < -0.4 is 5.32 Å². The Morgan fingerprint density at radius 1 is 1.43 bits per heavy atom. The highest BCUT2D eigenvalue weighted by Gasteiger charge is 2.47. The van der Waals surface area contributed by atoms with E-state index in [0.717, 1.165) is 13.0 Å². The fourth-order valence-corrected chi connectivity index (χ4v) is 4.93. The lowest BCUT2D eigenvalue weighted by molar-refractivity contribution is 0.0643. The van der Waals surface area contributed by atoms with E-state index in [2.05, 4.69) is 5.32 Å². The van der Waals surface area contributed by atoms with Gasteiger partial charge >= 0.3 is 0 Å². The zero-order valence-corrected chi connectivity index (χ0v) is 9.57. The van der Waals surface area contributed by atoms with Crippen LogP contribution >= 0.6 is 0 Å². The third-order valence-corrected chi connectivity index (χ3v) is 5.74. The van der Waals surface area contributed by atoms with E-state index in [1.807, 2.05) is 7.05 Å². The zero-order chi connectivity index (χ0) is 10.2. The van der Waals surface area contributed by atoms with E-state index in [4.69, 9.17) is 0 Å². The zero-order valence-electron chi connectivity index (χ0n) is 8.75. The highest BCUT2D eigenvalue weighted by atomic mass is 32.2. The predicted octanol–water partition coefficient (Wildman–Crippen LogP) is 0.811. The first kappa shape index (κ1) is 10.4. The molecule has 1 aliphatic carbocycles. The minimum atomic E-state index is -2.70. The molecule has 2 rings (SSSR count). The van der Waals surface area contributed by atoms with Crippen molar-refractivity contribution in [1.29, 1.82) is 0 Å². The van der Waals surface area contributed by atoms with Crippen LogP contribution in [0.4, 0.5) is 0 Å². The van der Waals surface area contributed by atoms with Gasteiger partial charge in [0.2, 0.25) is 0 Å². The highest BCUT2D eigenvalue weighted by molar-refractivity contribution is 7.91. The van der Waals surface area contributed by atoms with Crippen molar-refractivity contribution in [3.05, 3.63) is 0 Å². The SMILES string of the molecule is CNCC1(C2CCS(=O)(=O)C2)CCC1. The van der Waals surface area contributed by atoms with Crippen molar-refractivity contribution < 1.29 is 8.42 Å². The molecule has 2 aliphatic rings. The van der Waals surface area contributed by atoms with Gasteiger partial charge in [0, 0.05) is 6.54 Å². The number of hydrogen-bond acceptors (Lipinski definition) is 3. The van der Waals surface area contributed by atoms with Crippen molar-refractivity contribution in [3.63, 3.8) is 0 Å². The van der Waals surface area contributed by atoms with Crippen molar-refractivity contribution in [2.45, 2.75) is 25.7 Å². The molecule has 1 atom stereocenters. The predicted molar refractivity (Wildman–Crippen MR) is 57.0 cm³/mol. The van der Waals surface area contributed by atoms with E-state index in [1.165, 1.54) is 19.3 Å². The molecule has 14 heavy (non-hydrogen) atoms. The number of nitrogens with one attached hydrogen (secondary N) is 1. The van der Waals surface area contributed by atoms with E-state index in [0.29, 0.717) is 22.8 Å². The topological polar surface area (TPSA) is 46.2 Å². The molecular weight excluding hydrogens is 198 g/mol. The first-order valence-electron chi connectivity index (χ1n) is 5.43. The average molecular weight is 217 g/mol. The van der Waals surface area contributed by atoms with E-state index < -0.39 is 9.84 Å². The summed E-state index contributed by atoms with van der Waals surface area (Å²) >= 11 is 0. The fraction of sp³-hybridized carbons (Fsp3) is 1.00. The summed E-state index contributed by atoms with van der Waals surface area (Å²) in [6, 6.07) is 0. The molecule has 1 aliphatic heterocycles. The molecule has 0 aromatic heterocycles. The Balaban J connectivity index is 2.07. The summed E-state index contributed by atoms with van der Waals surface area (Å²) in [7, 11) is -0.739. The molecule has 1 saturated carbocycles. The van der Waals surface area contributed by atoms with Crippen molar-refractivity contribution in [1.82, 2.24) is 5.32 Å². The Morgan fingerprint density at radius 2 is 2.14 bits per heavy atom. The van der Waals surface area contributed by atoms with Crippen LogP contribution in [0.2, 0.25) is 0 Å². The lowest BCUT2D eigenvalue weighted by Gasteiger charge is -2.46. The maximum absolute atomic E-state index is 11.4. The molecule has 82 valence electrons. The van der Waals surface area contributed by atoms with Gasteiger partial charge in [-0.05, 0) is 37.6 Å². The molecule has 1 saturated heterocycles. The molecule has 2 fully saturated rings. The lowest BCUT2D eigenvalue weighted by Crippen LogP contribution is -2.45. The molecule has 0 amide bonds. The first-order valence-corrected chi connectivity index (χ1v) is 7.25. The van der Waals surface area contributed by atoms with Gasteiger partial charge in [0.15, 0.2) is 9.84 Å². The Kier molecular flexibility index (Phi) is 2.60. The van der Waals surface area contributed by atoms with Crippen LogP contribution in [0.25, 0.3) is 0 Å². The van der Waals surface area contributed by atoms with Gasteiger partial charge in [-0.3, -0.25) is 0 Å². The third kappa shape index (κ3) is 1.70. The molecule has 3 nitrogen and oxygen atoms in total. The summed E-state index contributed by atoms with van der Waals surface area (Å²) in [5, 5.41) is 3.22. The second-order valence-corrected chi connectivity index (χ2v) is 7.07. The average Bonchev–Trinajstić information content (AvgIpc) is 2.38. The molecule has 0 radical (unpaired) electrons. The Labute approximate surface area is 86.2 Å². The smallest absolute Gasteiger partial charge is 0.150 e. The summed E-state index contributed by atoms with van der Waals surface area (Å²) in [4.78, 5) is 0. The highest BCUT2D eigenvalue weighted by Crippen LogP contribution is 2.50. The Hall–Kier alpha value is -0.0900. The molecule has 0 bridgehead atoms. The fourth-order valence-electron chi connectivity index (χ4n) is 2.99. The maximum atomic E-state index is 11.4. The molecular formula is C10H19NO2S. The number of rotatable bonds is 3. The molecule has 0 spiro atoms. The van der Waals surface area contributed by atoms with Gasteiger partial charge in [0.1, 0.15) is 0 Å². The van der Waals surface area contributed by atoms with Crippen LogP contribution in [-0.4, -0.2) is 33.5 Å². The van der Waals surface area contributed by atoms with Crippen LogP contribution in [0.15, 0.2) is 0 Å². The molecule has 1 N–H and O–H groups in total. The van der Waals surface area contributed by atoms with Gasteiger partial charge < -0.3 is 5.32 Å². The summed E-state index contributed by atoms with van der Waals surface area (Å²) in [5.41, 5.74) is 0.318. The molecule has 0 aromatic rings. The van der Waals surface area contributed by atoms with Gasteiger partial charge in [-0.25, -0.2) is 8.42 Å². The quantitative estimate of drug-likeness (QED) is 0.761. The van der Waals surface area contributed by atoms with Crippen molar-refractivity contribution in [2.24, 2.45) is 11.3 Å². The summed E-state index contributed by atoms with van der Waals surface area (Å²) in [5.74, 6) is 1.28. The van der Waals surface area contributed by atoms with Crippen LogP contribution in [0.1, 0.15) is 25.7 Å². The molecule has 1 unspecified atom stereocenters. The number of sulfone groups is 1. The standard InChI is InChI=1S/C10H19NO2S/c1-11-8-10(4-2-5-10)9-3-6-14(12,13)7-9/h9,11H,2-8H2,1H3. The first-order chi connectivity index (χ1) is 6.58. The third-order valence-electron chi connectivity index (χ3n) is 3.98. The van der Waals surface area contributed by atoms with Crippen LogP contribution in [-0.2, 0) is 9.84 Å². The van der Waals surface area contributed by atoms with Gasteiger partial charge in [-0.1, -0.05) is 6.42 Å². The normalized spacial score (nSPS) is 33.9. The minimum absolute atomic E-state index is 0.318. The van der Waals surface area contributed by atoms with E-state index in [1.54, 1.807) is 0 Å². The van der Waals surface area contributed by atoms with Gasteiger partial charge in [0.05, 0.1) is 11.5 Å². The summed E-state index contributed by atoms with van der Waals surface area (Å²) in [6.45, 7) is 0.993. The van der Waals surface area contributed by atoms with Crippen molar-refractivity contribution in [2.75, 3.05) is 25.1 Å². The van der Waals surface area contributed by atoms with E-state index in [9.17, 15) is 8.42 Å². The molecule has 1 heterocycles. The minimum Gasteiger partial charge on any atom is -0.319 e. The van der Waals surface area contributed by atoms with Gasteiger partial charge in [-0.2, -0.15) is 0 Å². The van der Waals surface area contributed by atoms with Crippen LogP contribution in [0.3, 0.4) is 0 Å². The molecule has 4 heteroatoms. The largest absolute Gasteiger partial charge is 0.319 e. The van der Waals surface area contributed by atoms with E-state index in [-0.39, 0.29) is 0 Å². The summed E-state index contributed by atoms with van der Waals surface area (Å²) < 4.78 is 22.8. The van der Waals surface area contributed by atoms with E-state index >= 15 is 0 Å². The monoisotopic (exact) mass is 217 g/mol. The number of hydrogen-bond donors (Lipinski definition) is 1. The van der Waals surface area contributed by atoms with Crippen LogP contribution in [0.5, 0.6) is 0 Å². The van der Waals surface area contributed by atoms with Crippen molar-refractivity contribution >= 4 is 9.84 Å². The second kappa shape index (κ2) is 3.49. The van der Waals surface area contributed by atoms with Crippen molar-refractivity contribution in [3.8, 4) is 0 Å². The lowest BCUT2D eigenvalue weighted by atomic mass is 9.61. The second-order valence-electron chi connectivity index (χ2n) is 4.85.